The number of aromatic nitrogens is 1. The molecule has 15 heavy (non-hydrogen) atoms. The van der Waals surface area contributed by atoms with Crippen molar-refractivity contribution in [1.82, 2.24) is 4.57 Å². The largest absolute Gasteiger partial charge is 0.465 e. The molecular formula is C12H13NO2. The van der Waals surface area contributed by atoms with Crippen molar-refractivity contribution in [3.8, 4) is 0 Å². The minimum atomic E-state index is -0.291. The highest BCUT2D eigenvalue weighted by Crippen LogP contribution is 2.18. The lowest BCUT2D eigenvalue weighted by molar-refractivity contribution is 0.0601. The van der Waals surface area contributed by atoms with Crippen molar-refractivity contribution in [2.75, 3.05) is 7.11 Å². The summed E-state index contributed by atoms with van der Waals surface area (Å²) < 4.78 is 6.79. The maximum absolute atomic E-state index is 11.3. The molecule has 0 fully saturated rings. The van der Waals surface area contributed by atoms with Crippen molar-refractivity contribution < 1.29 is 9.53 Å². The lowest BCUT2D eigenvalue weighted by Gasteiger charge is -2.03. The highest BCUT2D eigenvalue weighted by atomic mass is 16.5. The lowest BCUT2D eigenvalue weighted by atomic mass is 10.1. The van der Waals surface area contributed by atoms with E-state index >= 15 is 0 Å². The molecular weight excluding hydrogens is 190 g/mol. The van der Waals surface area contributed by atoms with Gasteiger partial charge in [-0.3, -0.25) is 0 Å². The van der Waals surface area contributed by atoms with E-state index in [4.69, 9.17) is 0 Å². The lowest BCUT2D eigenvalue weighted by Crippen LogP contribution is -2.01. The number of carbonyl (C=O) groups excluding carboxylic acids is 1. The van der Waals surface area contributed by atoms with E-state index in [2.05, 4.69) is 16.2 Å². The molecule has 3 heteroatoms. The molecule has 0 saturated heterocycles. The van der Waals surface area contributed by atoms with Gasteiger partial charge in [0.05, 0.1) is 12.7 Å². The number of methoxy groups -OCH3 is 1. The van der Waals surface area contributed by atoms with Crippen molar-refractivity contribution in [3.05, 3.63) is 36.0 Å². The number of carbonyl (C=O) groups is 1. The summed E-state index contributed by atoms with van der Waals surface area (Å²) in [6.45, 7) is 2.97. The van der Waals surface area contributed by atoms with Crippen LogP contribution < -0.4 is 0 Å². The Morgan fingerprint density at radius 1 is 1.40 bits per heavy atom. The van der Waals surface area contributed by atoms with Gasteiger partial charge >= 0.3 is 5.97 Å². The van der Waals surface area contributed by atoms with Crippen LogP contribution in [-0.2, 0) is 11.3 Å². The number of nitrogens with zero attached hydrogens (tertiary/aromatic N) is 1. The molecule has 0 amide bonds. The predicted octanol–water partition coefficient (Wildman–Crippen LogP) is 2.45. The summed E-state index contributed by atoms with van der Waals surface area (Å²) in [5, 5.41) is 1.14. The number of fused-ring (bicyclic) bond motifs is 1. The highest BCUT2D eigenvalue weighted by molar-refractivity contribution is 5.94. The van der Waals surface area contributed by atoms with Crippen LogP contribution in [0.1, 0.15) is 17.3 Å². The fourth-order valence-electron chi connectivity index (χ4n) is 1.70. The minimum absolute atomic E-state index is 0.291. The number of aryl methyl sites for hydroxylation is 1. The van der Waals surface area contributed by atoms with E-state index in [0.717, 1.165) is 17.4 Å². The Morgan fingerprint density at radius 3 is 2.87 bits per heavy atom. The number of rotatable bonds is 2. The second-order valence-electron chi connectivity index (χ2n) is 3.37. The van der Waals surface area contributed by atoms with Gasteiger partial charge in [-0.05, 0) is 30.5 Å². The number of benzene rings is 1. The van der Waals surface area contributed by atoms with Crippen LogP contribution in [0, 0.1) is 0 Å². The van der Waals surface area contributed by atoms with E-state index in [-0.39, 0.29) is 5.97 Å². The number of hydrogen-bond acceptors (Lipinski definition) is 2. The molecule has 3 nitrogen and oxygen atoms in total. The second kappa shape index (κ2) is 3.77. The Labute approximate surface area is 88.3 Å². The zero-order valence-electron chi connectivity index (χ0n) is 8.86. The van der Waals surface area contributed by atoms with Crippen LogP contribution in [0.25, 0.3) is 10.9 Å². The van der Waals surface area contributed by atoms with Gasteiger partial charge in [-0.1, -0.05) is 6.07 Å². The first-order valence-electron chi connectivity index (χ1n) is 4.93. The number of hydrogen-bond donors (Lipinski definition) is 0. The molecule has 0 atom stereocenters. The van der Waals surface area contributed by atoms with E-state index in [1.165, 1.54) is 7.11 Å². The van der Waals surface area contributed by atoms with Crippen molar-refractivity contribution in [2.45, 2.75) is 13.5 Å². The summed E-state index contributed by atoms with van der Waals surface area (Å²) in [4.78, 5) is 11.3. The maximum Gasteiger partial charge on any atom is 0.337 e. The quantitative estimate of drug-likeness (QED) is 0.702. The first kappa shape index (κ1) is 9.77. The second-order valence-corrected chi connectivity index (χ2v) is 3.37. The molecule has 2 rings (SSSR count). The van der Waals surface area contributed by atoms with Gasteiger partial charge in [-0.15, -0.1) is 0 Å². The third kappa shape index (κ3) is 1.61. The first-order chi connectivity index (χ1) is 7.26. The Balaban J connectivity index is 2.57. The van der Waals surface area contributed by atoms with Crippen LogP contribution in [0.4, 0.5) is 0 Å². The molecule has 0 unspecified atom stereocenters. The molecule has 0 aliphatic heterocycles. The summed E-state index contributed by atoms with van der Waals surface area (Å²) in [6.07, 6.45) is 2.02. The third-order valence-electron chi connectivity index (χ3n) is 2.54. The molecule has 1 aromatic carbocycles. The van der Waals surface area contributed by atoms with Crippen molar-refractivity contribution >= 4 is 16.9 Å². The minimum Gasteiger partial charge on any atom is -0.465 e. The smallest absolute Gasteiger partial charge is 0.337 e. The van der Waals surface area contributed by atoms with Gasteiger partial charge in [0.2, 0.25) is 0 Å². The van der Waals surface area contributed by atoms with Gasteiger partial charge in [0.25, 0.3) is 0 Å². The standard InChI is InChI=1S/C12H13NO2/c1-3-13-7-6-9-4-5-10(8-11(9)13)12(14)15-2/h4-8H,3H2,1-2H3. The maximum atomic E-state index is 11.3. The zero-order valence-corrected chi connectivity index (χ0v) is 8.86. The molecule has 0 N–H and O–H groups in total. The highest BCUT2D eigenvalue weighted by Gasteiger charge is 2.07. The summed E-state index contributed by atoms with van der Waals surface area (Å²) in [5.41, 5.74) is 1.67. The molecule has 1 heterocycles. The van der Waals surface area contributed by atoms with Crippen molar-refractivity contribution in [3.63, 3.8) is 0 Å². The summed E-state index contributed by atoms with van der Waals surface area (Å²) >= 11 is 0. The third-order valence-corrected chi connectivity index (χ3v) is 2.54. The SMILES string of the molecule is CCn1ccc2ccc(C(=O)OC)cc21. The van der Waals surface area contributed by atoms with E-state index in [1.54, 1.807) is 6.07 Å². The Kier molecular flexibility index (Phi) is 2.46. The molecule has 2 aromatic rings. The van der Waals surface area contributed by atoms with E-state index in [9.17, 15) is 4.79 Å². The predicted molar refractivity (Wildman–Crippen MR) is 59.0 cm³/mol. The van der Waals surface area contributed by atoms with Crippen LogP contribution in [0.5, 0.6) is 0 Å². The van der Waals surface area contributed by atoms with E-state index in [1.807, 2.05) is 24.4 Å². The van der Waals surface area contributed by atoms with E-state index in [0.29, 0.717) is 5.56 Å². The van der Waals surface area contributed by atoms with Gasteiger partial charge in [-0.2, -0.15) is 0 Å². The Morgan fingerprint density at radius 2 is 2.20 bits per heavy atom. The van der Waals surface area contributed by atoms with Gasteiger partial charge in [-0.25, -0.2) is 4.79 Å². The molecule has 1 aromatic heterocycles. The summed E-state index contributed by atoms with van der Waals surface area (Å²) in [7, 11) is 1.39. The fraction of sp³-hybridized carbons (Fsp3) is 0.250. The average molecular weight is 203 g/mol. The molecule has 78 valence electrons. The van der Waals surface area contributed by atoms with Gasteiger partial charge in [0.1, 0.15) is 0 Å². The Hall–Kier alpha value is -1.77. The molecule has 0 bridgehead atoms. The molecule has 0 aliphatic carbocycles. The first-order valence-corrected chi connectivity index (χ1v) is 4.93. The van der Waals surface area contributed by atoms with Gasteiger partial charge in [0, 0.05) is 18.3 Å². The summed E-state index contributed by atoms with van der Waals surface area (Å²) in [6, 6.07) is 7.63. The zero-order chi connectivity index (χ0) is 10.8. The van der Waals surface area contributed by atoms with Crippen molar-refractivity contribution in [2.24, 2.45) is 0 Å². The van der Waals surface area contributed by atoms with Crippen LogP contribution in [-0.4, -0.2) is 17.6 Å². The average Bonchev–Trinajstić information content (AvgIpc) is 2.69. The van der Waals surface area contributed by atoms with Crippen LogP contribution in [0.15, 0.2) is 30.5 Å². The molecule has 0 aliphatic rings. The van der Waals surface area contributed by atoms with Gasteiger partial charge < -0.3 is 9.30 Å². The van der Waals surface area contributed by atoms with Crippen LogP contribution >= 0.6 is 0 Å². The number of esters is 1. The monoisotopic (exact) mass is 203 g/mol. The number of ether oxygens (including phenoxy) is 1. The molecule has 0 saturated carbocycles. The van der Waals surface area contributed by atoms with Gasteiger partial charge in [0.15, 0.2) is 0 Å². The van der Waals surface area contributed by atoms with Crippen LogP contribution in [0.3, 0.4) is 0 Å². The van der Waals surface area contributed by atoms with E-state index < -0.39 is 0 Å². The molecule has 0 spiro atoms. The topological polar surface area (TPSA) is 31.2 Å². The fourth-order valence-corrected chi connectivity index (χ4v) is 1.70. The van der Waals surface area contributed by atoms with Crippen LogP contribution in [0.2, 0.25) is 0 Å². The normalized spacial score (nSPS) is 10.5. The Bertz CT molecular complexity index is 499. The summed E-state index contributed by atoms with van der Waals surface area (Å²) in [5.74, 6) is -0.291. The van der Waals surface area contributed by atoms with Crippen molar-refractivity contribution in [1.29, 1.82) is 0 Å². The molecule has 0 radical (unpaired) electrons.